The molecule has 0 radical (unpaired) electrons. The summed E-state index contributed by atoms with van der Waals surface area (Å²) in [5.74, 6) is 0. The molecule has 2 rings (SSSR count). The van der Waals surface area contributed by atoms with Crippen LogP contribution in [-0.4, -0.2) is 12.7 Å². The summed E-state index contributed by atoms with van der Waals surface area (Å²) in [5.41, 5.74) is 9.07. The van der Waals surface area contributed by atoms with Crippen LogP contribution in [0.5, 0.6) is 0 Å². The average Bonchev–Trinajstić information content (AvgIpc) is 2.40. The van der Waals surface area contributed by atoms with Crippen molar-refractivity contribution in [2.24, 2.45) is 0 Å². The van der Waals surface area contributed by atoms with E-state index >= 15 is 0 Å². The van der Waals surface area contributed by atoms with Crippen LogP contribution < -0.4 is 11.1 Å². The zero-order chi connectivity index (χ0) is 13.7. The Labute approximate surface area is 112 Å². The molecule has 0 aliphatic rings. The topological polar surface area (TPSA) is 64.3 Å². The number of ether oxygens (including phenoxy) is 1. The highest BCUT2D eigenvalue weighted by atomic mass is 16.5. The van der Waals surface area contributed by atoms with Gasteiger partial charge in [0.25, 0.3) is 0 Å². The van der Waals surface area contributed by atoms with Crippen molar-refractivity contribution >= 4 is 17.5 Å². The van der Waals surface area contributed by atoms with Crippen LogP contribution in [0.25, 0.3) is 11.1 Å². The van der Waals surface area contributed by atoms with Crippen molar-refractivity contribution in [3.05, 3.63) is 48.5 Å². The highest BCUT2D eigenvalue weighted by Crippen LogP contribution is 2.31. The molecule has 0 saturated heterocycles. The van der Waals surface area contributed by atoms with E-state index in [-0.39, 0.29) is 0 Å². The van der Waals surface area contributed by atoms with E-state index in [4.69, 9.17) is 10.5 Å². The molecular formula is C15H16N2O2. The molecule has 1 amide bonds. The van der Waals surface area contributed by atoms with E-state index < -0.39 is 6.09 Å². The first-order valence-corrected chi connectivity index (χ1v) is 6.10. The first kappa shape index (κ1) is 13.0. The number of rotatable bonds is 3. The van der Waals surface area contributed by atoms with E-state index in [1.54, 1.807) is 6.92 Å². The second-order valence-electron chi connectivity index (χ2n) is 3.98. The van der Waals surface area contributed by atoms with Gasteiger partial charge in [0, 0.05) is 16.8 Å². The van der Waals surface area contributed by atoms with Gasteiger partial charge in [0.1, 0.15) is 0 Å². The van der Waals surface area contributed by atoms with Gasteiger partial charge in [-0.3, -0.25) is 5.32 Å². The fourth-order valence-corrected chi connectivity index (χ4v) is 1.85. The predicted molar refractivity (Wildman–Crippen MR) is 76.9 cm³/mol. The number of para-hydroxylation sites is 2. The number of carbonyl (C=O) groups is 1. The summed E-state index contributed by atoms with van der Waals surface area (Å²) in [5, 5.41) is 2.72. The summed E-state index contributed by atoms with van der Waals surface area (Å²) in [6.07, 6.45) is -0.468. The highest BCUT2D eigenvalue weighted by molar-refractivity contribution is 5.93. The quantitative estimate of drug-likeness (QED) is 0.826. The second-order valence-corrected chi connectivity index (χ2v) is 3.98. The van der Waals surface area contributed by atoms with Crippen molar-refractivity contribution in [2.75, 3.05) is 17.7 Å². The molecule has 0 fully saturated rings. The molecule has 19 heavy (non-hydrogen) atoms. The number of nitrogen functional groups attached to an aromatic ring is 1. The molecule has 0 unspecified atom stereocenters. The number of hydrogen-bond donors (Lipinski definition) is 2. The van der Waals surface area contributed by atoms with Gasteiger partial charge in [-0.25, -0.2) is 4.79 Å². The van der Waals surface area contributed by atoms with Crippen LogP contribution in [0.3, 0.4) is 0 Å². The van der Waals surface area contributed by atoms with Crippen LogP contribution in [0, 0.1) is 0 Å². The van der Waals surface area contributed by atoms with E-state index in [1.807, 2.05) is 48.5 Å². The van der Waals surface area contributed by atoms with E-state index in [9.17, 15) is 4.79 Å². The number of benzene rings is 2. The zero-order valence-electron chi connectivity index (χ0n) is 10.7. The van der Waals surface area contributed by atoms with Gasteiger partial charge in [-0.1, -0.05) is 36.4 Å². The molecule has 0 aliphatic carbocycles. The minimum absolute atomic E-state index is 0.335. The molecule has 4 heteroatoms. The van der Waals surface area contributed by atoms with E-state index in [1.165, 1.54) is 0 Å². The lowest BCUT2D eigenvalue weighted by molar-refractivity contribution is 0.168. The third-order valence-corrected chi connectivity index (χ3v) is 2.69. The summed E-state index contributed by atoms with van der Waals surface area (Å²) >= 11 is 0. The maximum Gasteiger partial charge on any atom is 0.411 e. The van der Waals surface area contributed by atoms with Crippen LogP contribution in [0.4, 0.5) is 16.2 Å². The molecule has 0 atom stereocenters. The molecule has 0 saturated carbocycles. The molecule has 0 aliphatic heterocycles. The lowest BCUT2D eigenvalue weighted by atomic mass is 10.0. The number of hydrogen-bond acceptors (Lipinski definition) is 3. The highest BCUT2D eigenvalue weighted by Gasteiger charge is 2.10. The Hall–Kier alpha value is -2.49. The Morgan fingerprint density at radius 1 is 1.11 bits per heavy atom. The van der Waals surface area contributed by atoms with Gasteiger partial charge in [-0.2, -0.15) is 0 Å². The number of nitrogens with two attached hydrogens (primary N) is 1. The average molecular weight is 256 g/mol. The van der Waals surface area contributed by atoms with Crippen molar-refractivity contribution in [1.82, 2.24) is 0 Å². The van der Waals surface area contributed by atoms with E-state index in [0.717, 1.165) is 11.1 Å². The van der Waals surface area contributed by atoms with Gasteiger partial charge < -0.3 is 10.5 Å². The predicted octanol–water partition coefficient (Wildman–Crippen LogP) is 3.50. The Morgan fingerprint density at radius 2 is 1.74 bits per heavy atom. The molecule has 2 aromatic rings. The number of amides is 1. The van der Waals surface area contributed by atoms with Crippen LogP contribution >= 0.6 is 0 Å². The van der Waals surface area contributed by atoms with E-state index in [0.29, 0.717) is 18.0 Å². The largest absolute Gasteiger partial charge is 0.450 e. The first-order valence-electron chi connectivity index (χ1n) is 6.10. The molecule has 3 N–H and O–H groups in total. The third kappa shape index (κ3) is 3.04. The smallest absolute Gasteiger partial charge is 0.411 e. The molecule has 0 heterocycles. The molecular weight excluding hydrogens is 240 g/mol. The van der Waals surface area contributed by atoms with Gasteiger partial charge in [-0.15, -0.1) is 0 Å². The third-order valence-electron chi connectivity index (χ3n) is 2.69. The monoisotopic (exact) mass is 256 g/mol. The minimum Gasteiger partial charge on any atom is -0.450 e. The summed E-state index contributed by atoms with van der Waals surface area (Å²) in [7, 11) is 0. The standard InChI is InChI=1S/C15H16N2O2/c1-2-19-15(18)17-14-10-6-4-8-12(14)11-7-3-5-9-13(11)16/h3-10H,2,16H2,1H3,(H,17,18). The van der Waals surface area contributed by atoms with Gasteiger partial charge in [0.15, 0.2) is 0 Å². The zero-order valence-corrected chi connectivity index (χ0v) is 10.7. The summed E-state index contributed by atoms with van der Waals surface area (Å²) in [4.78, 5) is 11.5. The Bertz CT molecular complexity index is 582. The molecule has 0 spiro atoms. The van der Waals surface area contributed by atoms with Gasteiger partial charge in [0.2, 0.25) is 0 Å². The Kier molecular flexibility index (Phi) is 4.03. The van der Waals surface area contributed by atoms with Gasteiger partial charge in [0.05, 0.1) is 12.3 Å². The Morgan fingerprint density at radius 3 is 2.42 bits per heavy atom. The fraction of sp³-hybridized carbons (Fsp3) is 0.133. The lowest BCUT2D eigenvalue weighted by Crippen LogP contribution is -2.14. The van der Waals surface area contributed by atoms with Crippen molar-refractivity contribution in [3.63, 3.8) is 0 Å². The van der Waals surface area contributed by atoms with Crippen LogP contribution in [0.1, 0.15) is 6.92 Å². The molecule has 0 aromatic heterocycles. The van der Waals surface area contributed by atoms with Crippen LogP contribution in [0.2, 0.25) is 0 Å². The maximum atomic E-state index is 11.5. The van der Waals surface area contributed by atoms with Crippen molar-refractivity contribution in [2.45, 2.75) is 6.92 Å². The molecule has 2 aromatic carbocycles. The van der Waals surface area contributed by atoms with Crippen molar-refractivity contribution in [3.8, 4) is 11.1 Å². The van der Waals surface area contributed by atoms with Crippen molar-refractivity contribution < 1.29 is 9.53 Å². The molecule has 98 valence electrons. The van der Waals surface area contributed by atoms with Crippen LogP contribution in [-0.2, 0) is 4.74 Å². The minimum atomic E-state index is -0.468. The van der Waals surface area contributed by atoms with Crippen molar-refractivity contribution in [1.29, 1.82) is 0 Å². The summed E-state index contributed by atoms with van der Waals surface area (Å²) < 4.78 is 4.89. The van der Waals surface area contributed by atoms with E-state index in [2.05, 4.69) is 5.32 Å². The normalized spacial score (nSPS) is 9.95. The van der Waals surface area contributed by atoms with Gasteiger partial charge in [-0.05, 0) is 19.1 Å². The fourth-order valence-electron chi connectivity index (χ4n) is 1.85. The maximum absolute atomic E-state index is 11.5. The second kappa shape index (κ2) is 5.91. The number of carbonyl (C=O) groups excluding carboxylic acids is 1. The summed E-state index contributed by atoms with van der Waals surface area (Å²) in [6, 6.07) is 15.0. The Balaban J connectivity index is 2.37. The lowest BCUT2D eigenvalue weighted by Gasteiger charge is -2.12. The summed E-state index contributed by atoms with van der Waals surface area (Å²) in [6.45, 7) is 2.10. The first-order chi connectivity index (χ1) is 9.22. The van der Waals surface area contributed by atoms with Gasteiger partial charge >= 0.3 is 6.09 Å². The number of anilines is 2. The molecule has 4 nitrogen and oxygen atoms in total. The van der Waals surface area contributed by atoms with Crippen LogP contribution in [0.15, 0.2) is 48.5 Å². The SMILES string of the molecule is CCOC(=O)Nc1ccccc1-c1ccccc1N. The number of nitrogens with one attached hydrogen (secondary N) is 1. The molecule has 0 bridgehead atoms.